The van der Waals surface area contributed by atoms with Crippen molar-refractivity contribution in [2.75, 3.05) is 22.1 Å². The lowest BCUT2D eigenvalue weighted by Crippen LogP contribution is -2.25. The third kappa shape index (κ3) is 4.36. The van der Waals surface area contributed by atoms with E-state index in [9.17, 15) is 29.4 Å². The molecule has 7 rings (SSSR count). The molecule has 0 aromatic heterocycles. The highest BCUT2D eigenvalue weighted by Crippen LogP contribution is 2.45. The highest BCUT2D eigenvalue weighted by atomic mass is 16.4. The number of nitrogens with one attached hydrogen (secondary N) is 2. The largest absolute Gasteiger partial charge is 0.478 e. The summed E-state index contributed by atoms with van der Waals surface area (Å²) in [6.07, 6.45) is 0. The number of benzene rings is 7. The summed E-state index contributed by atoms with van der Waals surface area (Å²) in [6, 6.07) is 26.6. The molecule has 10 heteroatoms. The molecule has 0 radical (unpaired) electrons. The molecule has 2 amide bonds. The highest BCUT2D eigenvalue weighted by molar-refractivity contribution is 6.41. The summed E-state index contributed by atoms with van der Waals surface area (Å²) in [4.78, 5) is 54.6. The van der Waals surface area contributed by atoms with Crippen molar-refractivity contribution in [2.24, 2.45) is 0 Å². The average Bonchev–Trinajstić information content (AvgIpc) is 3.04. The van der Waals surface area contributed by atoms with Gasteiger partial charge in [0.25, 0.3) is 11.8 Å². The standard InChI is InChI=1S/C36H24N4O6/c37-18-7-11-20(12-8-18)39-33(41)30-28-24-6-2-4-17-3-1-5-22(26(17)24)23-15-16-25(35(43)44)29(27(23)28)32(36(45)46)31(30)34(42)40-21-13-9-19(38)10-14-21/h1-16H,37-38H2,(H,39,41)(H,40,42)(H,43,44)(H,45,46). The van der Waals surface area contributed by atoms with E-state index in [0.717, 1.165) is 16.2 Å². The fourth-order valence-electron chi connectivity index (χ4n) is 6.26. The van der Waals surface area contributed by atoms with Gasteiger partial charge in [0, 0.05) is 33.5 Å². The van der Waals surface area contributed by atoms with Crippen LogP contribution in [-0.2, 0) is 0 Å². The fraction of sp³-hybridized carbons (Fsp3) is 0. The molecule has 0 unspecified atom stereocenters. The number of carboxylic acids is 2. The molecule has 0 aliphatic heterocycles. The molecular formula is C36H24N4O6. The van der Waals surface area contributed by atoms with Crippen LogP contribution in [0.3, 0.4) is 0 Å². The first kappa shape index (κ1) is 28.1. The smallest absolute Gasteiger partial charge is 0.337 e. The summed E-state index contributed by atoms with van der Waals surface area (Å²) in [5.41, 5.74) is 11.5. The molecule has 0 fully saturated rings. The van der Waals surface area contributed by atoms with Gasteiger partial charge in [-0.3, -0.25) is 9.59 Å². The molecule has 0 heterocycles. The minimum atomic E-state index is -1.58. The number of hydrogen-bond acceptors (Lipinski definition) is 6. The number of carbonyl (C=O) groups excluding carboxylic acids is 2. The number of rotatable bonds is 6. The maximum Gasteiger partial charge on any atom is 0.337 e. The number of hydrogen-bond donors (Lipinski definition) is 6. The van der Waals surface area contributed by atoms with E-state index in [-0.39, 0.29) is 33.0 Å². The van der Waals surface area contributed by atoms with Gasteiger partial charge in [-0.1, -0.05) is 42.5 Å². The molecule has 0 saturated heterocycles. The van der Waals surface area contributed by atoms with Gasteiger partial charge in [0.15, 0.2) is 0 Å². The molecule has 7 aromatic rings. The minimum Gasteiger partial charge on any atom is -0.478 e. The normalized spacial score (nSPS) is 11.3. The Hall–Kier alpha value is -6.68. The van der Waals surface area contributed by atoms with Gasteiger partial charge >= 0.3 is 11.9 Å². The van der Waals surface area contributed by atoms with Crippen LogP contribution >= 0.6 is 0 Å². The first-order valence-corrected chi connectivity index (χ1v) is 14.1. The van der Waals surface area contributed by atoms with Crippen LogP contribution in [0.25, 0.3) is 43.1 Å². The number of nitrogens with two attached hydrogens (primary N) is 2. The van der Waals surface area contributed by atoms with Crippen molar-refractivity contribution >= 4 is 89.6 Å². The lowest BCUT2D eigenvalue weighted by Gasteiger charge is -2.23. The molecule has 0 aliphatic rings. The van der Waals surface area contributed by atoms with E-state index in [2.05, 4.69) is 10.6 Å². The number of anilines is 4. The molecule has 8 N–H and O–H groups in total. The summed E-state index contributed by atoms with van der Waals surface area (Å²) in [5.74, 6) is -4.65. The van der Waals surface area contributed by atoms with Gasteiger partial charge in [-0.05, 0) is 86.9 Å². The zero-order chi connectivity index (χ0) is 32.3. The summed E-state index contributed by atoms with van der Waals surface area (Å²) >= 11 is 0. The van der Waals surface area contributed by atoms with Crippen LogP contribution in [0, 0.1) is 0 Å². The second-order valence-corrected chi connectivity index (χ2v) is 10.9. The van der Waals surface area contributed by atoms with Crippen molar-refractivity contribution in [1.82, 2.24) is 0 Å². The Kier molecular flexibility index (Phi) is 6.41. The van der Waals surface area contributed by atoms with Crippen molar-refractivity contribution < 1.29 is 29.4 Å². The Morgan fingerprint density at radius 2 is 1.00 bits per heavy atom. The molecule has 0 saturated carbocycles. The molecule has 0 bridgehead atoms. The summed E-state index contributed by atoms with van der Waals surface area (Å²) in [6.45, 7) is 0. The quantitative estimate of drug-likeness (QED) is 0.0676. The van der Waals surface area contributed by atoms with Crippen LogP contribution < -0.4 is 22.1 Å². The van der Waals surface area contributed by atoms with Gasteiger partial charge < -0.3 is 32.3 Å². The SMILES string of the molecule is Nc1ccc(NC(=O)c2c(C(=O)O)c3c(C(=O)O)ccc4c5cccc6cccc(c(c2C(=O)Nc2ccc(N)cc2)c34)c65)cc1. The molecule has 0 aliphatic carbocycles. The Morgan fingerprint density at radius 1 is 0.478 bits per heavy atom. The number of amides is 2. The third-order valence-electron chi connectivity index (χ3n) is 8.16. The lowest BCUT2D eigenvalue weighted by atomic mass is 9.81. The number of fused-ring (bicyclic) bond motifs is 2. The minimum absolute atomic E-state index is 0.162. The van der Waals surface area contributed by atoms with E-state index < -0.39 is 34.9 Å². The van der Waals surface area contributed by atoms with Crippen molar-refractivity contribution in [3.05, 3.63) is 119 Å². The molecule has 224 valence electrons. The van der Waals surface area contributed by atoms with Gasteiger partial charge in [0.2, 0.25) is 0 Å². The summed E-state index contributed by atoms with van der Waals surface area (Å²) < 4.78 is 0. The molecule has 46 heavy (non-hydrogen) atoms. The van der Waals surface area contributed by atoms with Crippen LogP contribution in [0.15, 0.2) is 97.1 Å². The van der Waals surface area contributed by atoms with E-state index in [4.69, 9.17) is 11.5 Å². The van der Waals surface area contributed by atoms with Gasteiger partial charge in [-0.2, -0.15) is 0 Å². The van der Waals surface area contributed by atoms with Gasteiger partial charge in [0.1, 0.15) is 0 Å². The Morgan fingerprint density at radius 3 is 1.54 bits per heavy atom. The second kappa shape index (κ2) is 10.5. The number of carboxylic acid groups (broad SMARTS) is 2. The zero-order valence-electron chi connectivity index (χ0n) is 23.9. The predicted octanol–water partition coefficient (Wildman–Crippen LogP) is 6.80. The topological polar surface area (TPSA) is 185 Å². The number of nitrogen functional groups attached to an aromatic ring is 2. The lowest BCUT2D eigenvalue weighted by molar-refractivity contribution is 0.0693. The second-order valence-electron chi connectivity index (χ2n) is 10.9. The van der Waals surface area contributed by atoms with Crippen LogP contribution in [0.2, 0.25) is 0 Å². The maximum atomic E-state index is 14.5. The van der Waals surface area contributed by atoms with E-state index in [0.29, 0.717) is 27.8 Å². The van der Waals surface area contributed by atoms with E-state index in [1.807, 2.05) is 24.3 Å². The van der Waals surface area contributed by atoms with Crippen LogP contribution in [0.5, 0.6) is 0 Å². The first-order chi connectivity index (χ1) is 22.1. The average molecular weight is 609 g/mol. The molecule has 7 aromatic carbocycles. The molecule has 0 atom stereocenters. The van der Waals surface area contributed by atoms with E-state index in [1.165, 1.54) is 18.2 Å². The summed E-state index contributed by atoms with van der Waals surface area (Å²) in [7, 11) is 0. The van der Waals surface area contributed by atoms with Crippen molar-refractivity contribution in [3.63, 3.8) is 0 Å². The predicted molar refractivity (Wildman–Crippen MR) is 179 cm³/mol. The third-order valence-corrected chi connectivity index (χ3v) is 8.16. The molecule has 0 spiro atoms. The zero-order valence-corrected chi connectivity index (χ0v) is 23.9. The maximum absolute atomic E-state index is 14.5. The van der Waals surface area contributed by atoms with Crippen LogP contribution in [-0.4, -0.2) is 34.0 Å². The molecule has 10 nitrogen and oxygen atoms in total. The monoisotopic (exact) mass is 608 g/mol. The Labute approximate surface area is 260 Å². The van der Waals surface area contributed by atoms with Gasteiger partial charge in [-0.25, -0.2) is 9.59 Å². The Balaban J connectivity index is 1.69. The fourth-order valence-corrected chi connectivity index (χ4v) is 6.26. The van der Waals surface area contributed by atoms with E-state index >= 15 is 0 Å². The van der Waals surface area contributed by atoms with E-state index in [1.54, 1.807) is 54.6 Å². The van der Waals surface area contributed by atoms with Crippen LogP contribution in [0.4, 0.5) is 22.7 Å². The van der Waals surface area contributed by atoms with Crippen molar-refractivity contribution in [3.8, 4) is 0 Å². The number of aromatic carboxylic acids is 2. The molecular weight excluding hydrogens is 584 g/mol. The van der Waals surface area contributed by atoms with Gasteiger partial charge in [0.05, 0.1) is 22.3 Å². The number of carbonyl (C=O) groups is 4. The van der Waals surface area contributed by atoms with Crippen LogP contribution in [0.1, 0.15) is 41.4 Å². The van der Waals surface area contributed by atoms with Gasteiger partial charge in [-0.15, -0.1) is 0 Å². The van der Waals surface area contributed by atoms with Crippen molar-refractivity contribution in [1.29, 1.82) is 0 Å². The van der Waals surface area contributed by atoms with Crippen molar-refractivity contribution in [2.45, 2.75) is 0 Å². The summed E-state index contributed by atoms with van der Waals surface area (Å²) in [5, 5.41) is 30.3. The Bertz CT molecular complexity index is 2410. The highest BCUT2D eigenvalue weighted by Gasteiger charge is 2.34. The first-order valence-electron chi connectivity index (χ1n) is 14.1.